The molecule has 30 heavy (non-hydrogen) atoms. The van der Waals surface area contributed by atoms with Crippen LogP contribution in [0, 0.1) is 20.8 Å². The lowest BCUT2D eigenvalue weighted by Gasteiger charge is -2.44. The van der Waals surface area contributed by atoms with Crippen LogP contribution in [0.1, 0.15) is 92.2 Å². The van der Waals surface area contributed by atoms with Crippen molar-refractivity contribution in [1.82, 2.24) is 0 Å². The molecule has 2 saturated carbocycles. The maximum absolute atomic E-state index is 4.18. The van der Waals surface area contributed by atoms with Gasteiger partial charge in [0.1, 0.15) is 0 Å². The van der Waals surface area contributed by atoms with Gasteiger partial charge in [-0.3, -0.25) is 0 Å². The molecule has 2 fully saturated rings. The molecule has 162 valence electrons. The van der Waals surface area contributed by atoms with Crippen molar-refractivity contribution in [1.29, 1.82) is 0 Å². The van der Waals surface area contributed by atoms with E-state index < -0.39 is 0 Å². The van der Waals surface area contributed by atoms with Gasteiger partial charge in [-0.25, -0.2) is 0 Å². The third-order valence-corrected chi connectivity index (χ3v) is 11.1. The first-order valence-electron chi connectivity index (χ1n) is 12.3. The predicted octanol–water partition coefficient (Wildman–Crippen LogP) is 8.87. The van der Waals surface area contributed by atoms with Gasteiger partial charge >= 0.3 is 0 Å². The molecule has 4 rings (SSSR count). The fourth-order valence-electron chi connectivity index (χ4n) is 5.99. The second-order valence-corrected chi connectivity index (χ2v) is 12.6. The molecular weight excluding hydrogens is 381 g/mol. The average Bonchev–Trinajstić information content (AvgIpc) is 2.77. The summed E-state index contributed by atoms with van der Waals surface area (Å²) < 4.78 is 0. The summed E-state index contributed by atoms with van der Waals surface area (Å²) >= 11 is 0. The maximum Gasteiger partial charge on any atom is 0.0714 e. The zero-order chi connectivity index (χ0) is 20.9. The molecule has 0 heterocycles. The molecule has 0 spiro atoms. The fourth-order valence-corrected chi connectivity index (χ4v) is 10.1. The number of rotatable bonds is 6. The number of anilines is 1. The van der Waals surface area contributed by atoms with Crippen LogP contribution in [-0.4, -0.2) is 11.3 Å². The molecule has 2 aromatic carbocycles. The quantitative estimate of drug-likeness (QED) is 0.459. The second kappa shape index (κ2) is 10.3. The van der Waals surface area contributed by atoms with Crippen LogP contribution in [0.4, 0.5) is 5.69 Å². The normalized spacial score (nSPS) is 19.7. The highest BCUT2D eigenvalue weighted by atomic mass is 31.1. The molecule has 2 aromatic rings. The van der Waals surface area contributed by atoms with Gasteiger partial charge in [0.15, 0.2) is 0 Å². The Kier molecular flexibility index (Phi) is 7.53. The van der Waals surface area contributed by atoms with E-state index in [-0.39, 0.29) is 7.92 Å². The Bertz CT molecular complexity index is 762. The lowest BCUT2D eigenvalue weighted by molar-refractivity contribution is 0.482. The van der Waals surface area contributed by atoms with E-state index in [2.05, 4.69) is 68.6 Å². The monoisotopic (exact) mass is 421 g/mol. The number of hydrogen-bond donors (Lipinski definition) is 1. The minimum Gasteiger partial charge on any atom is -0.374 e. The Morgan fingerprint density at radius 3 is 1.73 bits per heavy atom. The molecule has 0 bridgehead atoms. The summed E-state index contributed by atoms with van der Waals surface area (Å²) in [6.45, 7) is 6.79. The Balaban J connectivity index is 1.74. The van der Waals surface area contributed by atoms with Crippen LogP contribution < -0.4 is 5.32 Å². The van der Waals surface area contributed by atoms with E-state index in [1.54, 1.807) is 0 Å². The standard InChI is InChI=1S/C28H40NP/c1-21-19-22(2)27(23(3)20-21)29-28(24-13-7-4-8-14-24)30(25-15-9-5-10-16-25)26-17-11-6-12-18-26/h4,7-8,13-14,19-20,25-26,28-29H,5-6,9-12,15-18H2,1-3H3. The van der Waals surface area contributed by atoms with Gasteiger partial charge in [-0.1, -0.05) is 94.5 Å². The van der Waals surface area contributed by atoms with Gasteiger partial charge in [0.2, 0.25) is 0 Å². The molecule has 1 unspecified atom stereocenters. The molecule has 0 saturated heterocycles. The van der Waals surface area contributed by atoms with Crippen molar-refractivity contribution < 1.29 is 0 Å². The predicted molar refractivity (Wildman–Crippen MR) is 134 cm³/mol. The SMILES string of the molecule is Cc1cc(C)c(NC(c2ccccc2)P(C2CCCCC2)C2CCCCC2)c(C)c1. The highest BCUT2D eigenvalue weighted by Crippen LogP contribution is 2.64. The van der Waals surface area contributed by atoms with Gasteiger partial charge in [0, 0.05) is 5.69 Å². The zero-order valence-corrected chi connectivity index (χ0v) is 20.2. The summed E-state index contributed by atoms with van der Waals surface area (Å²) in [5, 5.41) is 4.18. The first-order chi connectivity index (χ1) is 14.6. The van der Waals surface area contributed by atoms with Gasteiger partial charge < -0.3 is 5.32 Å². The van der Waals surface area contributed by atoms with Crippen molar-refractivity contribution >= 4 is 13.6 Å². The summed E-state index contributed by atoms with van der Waals surface area (Å²) in [6.07, 6.45) is 14.5. The Morgan fingerprint density at radius 2 is 1.23 bits per heavy atom. The third kappa shape index (κ3) is 5.11. The summed E-state index contributed by atoms with van der Waals surface area (Å²) in [4.78, 5) is 0. The summed E-state index contributed by atoms with van der Waals surface area (Å²) in [5.74, 6) is 0.479. The summed E-state index contributed by atoms with van der Waals surface area (Å²) in [6, 6.07) is 16.1. The second-order valence-electron chi connectivity index (χ2n) is 9.76. The van der Waals surface area contributed by atoms with Crippen LogP contribution in [0.2, 0.25) is 0 Å². The van der Waals surface area contributed by atoms with E-state index in [0.29, 0.717) is 5.78 Å². The first-order valence-corrected chi connectivity index (χ1v) is 13.8. The van der Waals surface area contributed by atoms with Crippen molar-refractivity contribution in [3.63, 3.8) is 0 Å². The molecule has 1 atom stereocenters. The largest absolute Gasteiger partial charge is 0.374 e. The van der Waals surface area contributed by atoms with Crippen molar-refractivity contribution in [3.8, 4) is 0 Å². The van der Waals surface area contributed by atoms with Gasteiger partial charge in [-0.2, -0.15) is 0 Å². The number of benzene rings is 2. The van der Waals surface area contributed by atoms with Gasteiger partial charge in [0.25, 0.3) is 0 Å². The minimum absolute atomic E-state index is 0.104. The highest BCUT2D eigenvalue weighted by molar-refractivity contribution is 7.59. The van der Waals surface area contributed by atoms with E-state index in [0.717, 1.165) is 11.3 Å². The van der Waals surface area contributed by atoms with Crippen LogP contribution >= 0.6 is 7.92 Å². The highest BCUT2D eigenvalue weighted by Gasteiger charge is 2.37. The lowest BCUT2D eigenvalue weighted by atomic mass is 9.99. The van der Waals surface area contributed by atoms with Crippen LogP contribution in [0.25, 0.3) is 0 Å². The maximum atomic E-state index is 4.18. The van der Waals surface area contributed by atoms with E-state index in [1.165, 1.54) is 92.1 Å². The molecule has 2 aliphatic carbocycles. The van der Waals surface area contributed by atoms with Crippen molar-refractivity contribution in [2.24, 2.45) is 0 Å². The van der Waals surface area contributed by atoms with E-state index in [1.807, 2.05) is 0 Å². The van der Waals surface area contributed by atoms with Crippen LogP contribution in [-0.2, 0) is 0 Å². The smallest absolute Gasteiger partial charge is 0.0714 e. The Labute approximate surface area is 185 Å². The Hall–Kier alpha value is -1.33. The molecule has 0 amide bonds. The Morgan fingerprint density at radius 1 is 0.733 bits per heavy atom. The number of hydrogen-bond acceptors (Lipinski definition) is 1. The minimum atomic E-state index is -0.104. The summed E-state index contributed by atoms with van der Waals surface area (Å²) in [5.41, 5.74) is 8.92. The van der Waals surface area contributed by atoms with E-state index in [9.17, 15) is 0 Å². The van der Waals surface area contributed by atoms with Crippen LogP contribution in [0.5, 0.6) is 0 Å². The average molecular weight is 422 g/mol. The van der Waals surface area contributed by atoms with E-state index >= 15 is 0 Å². The molecule has 2 heteroatoms. The topological polar surface area (TPSA) is 12.0 Å². The number of nitrogens with one attached hydrogen (secondary N) is 1. The van der Waals surface area contributed by atoms with E-state index in [4.69, 9.17) is 0 Å². The van der Waals surface area contributed by atoms with Crippen molar-refractivity contribution in [2.45, 2.75) is 102 Å². The summed E-state index contributed by atoms with van der Waals surface area (Å²) in [7, 11) is -0.104. The van der Waals surface area contributed by atoms with Gasteiger partial charge in [-0.05, 0) is 74.5 Å². The molecule has 0 aliphatic heterocycles. The number of aryl methyl sites for hydroxylation is 3. The molecule has 0 aromatic heterocycles. The molecule has 2 aliphatic rings. The van der Waals surface area contributed by atoms with Crippen LogP contribution in [0.3, 0.4) is 0 Å². The molecule has 0 radical (unpaired) electrons. The van der Waals surface area contributed by atoms with Crippen molar-refractivity contribution in [3.05, 3.63) is 64.7 Å². The van der Waals surface area contributed by atoms with Crippen molar-refractivity contribution in [2.75, 3.05) is 5.32 Å². The first kappa shape index (κ1) is 21.9. The molecule has 1 nitrogen and oxygen atoms in total. The molecular formula is C28H40NP. The lowest BCUT2D eigenvalue weighted by Crippen LogP contribution is -2.27. The zero-order valence-electron chi connectivity index (χ0n) is 19.3. The molecule has 1 N–H and O–H groups in total. The van der Waals surface area contributed by atoms with Crippen LogP contribution in [0.15, 0.2) is 42.5 Å². The van der Waals surface area contributed by atoms with Gasteiger partial charge in [0.05, 0.1) is 5.78 Å². The third-order valence-electron chi connectivity index (χ3n) is 7.36. The van der Waals surface area contributed by atoms with Gasteiger partial charge in [-0.15, -0.1) is 0 Å². The fraction of sp³-hybridized carbons (Fsp3) is 0.571.